The van der Waals surface area contributed by atoms with Gasteiger partial charge in [-0.2, -0.15) is 0 Å². The van der Waals surface area contributed by atoms with Crippen molar-refractivity contribution in [1.29, 1.82) is 0 Å². The Bertz CT molecular complexity index is 536. The number of amides is 2. The van der Waals surface area contributed by atoms with Gasteiger partial charge < -0.3 is 20.5 Å². The zero-order valence-electron chi connectivity index (χ0n) is 12.1. The van der Waals surface area contributed by atoms with Crippen molar-refractivity contribution in [2.75, 3.05) is 12.4 Å². The molecular formula is C14H18N2O5. The number of esters is 1. The van der Waals surface area contributed by atoms with Crippen LogP contribution in [0.15, 0.2) is 18.2 Å². The van der Waals surface area contributed by atoms with Gasteiger partial charge in [0.15, 0.2) is 0 Å². The molecule has 0 aromatic heterocycles. The van der Waals surface area contributed by atoms with E-state index < -0.39 is 30.4 Å². The van der Waals surface area contributed by atoms with Gasteiger partial charge in [0.2, 0.25) is 0 Å². The van der Waals surface area contributed by atoms with Gasteiger partial charge in [0.05, 0.1) is 13.5 Å². The first kappa shape index (κ1) is 16.5. The Balaban J connectivity index is 2.69. The number of carbonyl (C=O) groups is 3. The molecule has 0 fully saturated rings. The van der Waals surface area contributed by atoms with Crippen molar-refractivity contribution in [3.63, 3.8) is 0 Å². The molecule has 0 saturated carbocycles. The highest BCUT2D eigenvalue weighted by molar-refractivity contribution is 5.93. The van der Waals surface area contributed by atoms with Crippen molar-refractivity contribution in [3.05, 3.63) is 29.3 Å². The van der Waals surface area contributed by atoms with Crippen LogP contribution in [0.1, 0.15) is 17.5 Å². The van der Waals surface area contributed by atoms with E-state index >= 15 is 0 Å². The van der Waals surface area contributed by atoms with Gasteiger partial charge in [-0.25, -0.2) is 9.59 Å². The van der Waals surface area contributed by atoms with Crippen LogP contribution in [0.25, 0.3) is 0 Å². The molecule has 0 radical (unpaired) electrons. The van der Waals surface area contributed by atoms with Crippen molar-refractivity contribution >= 4 is 23.7 Å². The molecule has 7 nitrogen and oxygen atoms in total. The van der Waals surface area contributed by atoms with Gasteiger partial charge in [-0.3, -0.25) is 4.79 Å². The molecule has 114 valence electrons. The monoisotopic (exact) mass is 294 g/mol. The molecular weight excluding hydrogens is 276 g/mol. The zero-order valence-corrected chi connectivity index (χ0v) is 12.1. The third kappa shape index (κ3) is 5.52. The first-order valence-electron chi connectivity index (χ1n) is 6.27. The highest BCUT2D eigenvalue weighted by Gasteiger charge is 2.23. The van der Waals surface area contributed by atoms with E-state index in [1.807, 2.05) is 19.9 Å². The molecule has 0 aliphatic rings. The summed E-state index contributed by atoms with van der Waals surface area (Å²) in [5, 5.41) is 13.7. The average molecular weight is 294 g/mol. The Labute approximate surface area is 122 Å². The highest BCUT2D eigenvalue weighted by Crippen LogP contribution is 2.13. The molecule has 0 saturated heterocycles. The van der Waals surface area contributed by atoms with Gasteiger partial charge in [0.25, 0.3) is 0 Å². The van der Waals surface area contributed by atoms with E-state index in [9.17, 15) is 14.4 Å². The fraction of sp³-hybridized carbons (Fsp3) is 0.357. The van der Waals surface area contributed by atoms with Gasteiger partial charge in [-0.1, -0.05) is 6.07 Å². The number of rotatable bonds is 5. The number of hydrogen-bond acceptors (Lipinski definition) is 4. The molecule has 2 amide bonds. The smallest absolute Gasteiger partial charge is 0.326 e. The molecule has 0 aliphatic heterocycles. The predicted molar refractivity (Wildman–Crippen MR) is 76.1 cm³/mol. The molecule has 0 heterocycles. The van der Waals surface area contributed by atoms with Crippen LogP contribution in [0.4, 0.5) is 10.5 Å². The standard InChI is InChI=1S/C14H18N2O5/c1-8-4-9(2)6-10(5-8)15-14(20)16-11(13(18)19)7-12(17)21-3/h4-6,11H,7H2,1-3H3,(H,18,19)(H2,15,16,20)/t11-/m0/s1. The zero-order chi connectivity index (χ0) is 16.0. The Hall–Kier alpha value is -2.57. The van der Waals surface area contributed by atoms with E-state index in [-0.39, 0.29) is 0 Å². The lowest BCUT2D eigenvalue weighted by Crippen LogP contribution is -2.44. The van der Waals surface area contributed by atoms with Crippen LogP contribution in [0, 0.1) is 13.8 Å². The summed E-state index contributed by atoms with van der Waals surface area (Å²) in [4.78, 5) is 33.9. The number of anilines is 1. The number of urea groups is 1. The number of aliphatic carboxylic acids is 1. The highest BCUT2D eigenvalue weighted by atomic mass is 16.5. The van der Waals surface area contributed by atoms with Crippen LogP contribution < -0.4 is 10.6 Å². The largest absolute Gasteiger partial charge is 0.480 e. The average Bonchev–Trinajstić information content (AvgIpc) is 2.36. The third-order valence-corrected chi connectivity index (χ3v) is 2.68. The molecule has 1 rings (SSSR count). The van der Waals surface area contributed by atoms with Gasteiger partial charge in [-0.15, -0.1) is 0 Å². The quantitative estimate of drug-likeness (QED) is 0.713. The molecule has 0 aliphatic carbocycles. The fourth-order valence-corrected chi connectivity index (χ4v) is 1.82. The minimum absolute atomic E-state index is 0.438. The molecule has 7 heteroatoms. The molecule has 0 unspecified atom stereocenters. The molecule has 21 heavy (non-hydrogen) atoms. The fourth-order valence-electron chi connectivity index (χ4n) is 1.82. The lowest BCUT2D eigenvalue weighted by Gasteiger charge is -2.14. The Morgan fingerprint density at radius 1 is 1.19 bits per heavy atom. The summed E-state index contributed by atoms with van der Waals surface area (Å²) in [6.45, 7) is 3.76. The lowest BCUT2D eigenvalue weighted by molar-refractivity contribution is -0.147. The Morgan fingerprint density at radius 2 is 1.76 bits per heavy atom. The predicted octanol–water partition coefficient (Wildman–Crippen LogP) is 1.44. The lowest BCUT2D eigenvalue weighted by atomic mass is 10.1. The van der Waals surface area contributed by atoms with Crippen molar-refractivity contribution in [1.82, 2.24) is 5.32 Å². The topological polar surface area (TPSA) is 105 Å². The molecule has 0 bridgehead atoms. The van der Waals surface area contributed by atoms with Crippen LogP contribution in [0.2, 0.25) is 0 Å². The summed E-state index contributed by atoms with van der Waals surface area (Å²) in [5.41, 5.74) is 2.48. The number of carboxylic acids is 1. The Morgan fingerprint density at radius 3 is 2.24 bits per heavy atom. The van der Waals surface area contributed by atoms with Crippen molar-refractivity contribution < 1.29 is 24.2 Å². The minimum atomic E-state index is -1.34. The maximum absolute atomic E-state index is 11.8. The maximum atomic E-state index is 11.8. The van der Waals surface area contributed by atoms with Gasteiger partial charge in [-0.05, 0) is 37.1 Å². The maximum Gasteiger partial charge on any atom is 0.326 e. The molecule has 0 spiro atoms. The Kier molecular flexibility index (Phi) is 5.71. The van der Waals surface area contributed by atoms with E-state index in [0.29, 0.717) is 5.69 Å². The van der Waals surface area contributed by atoms with E-state index in [1.165, 1.54) is 0 Å². The van der Waals surface area contributed by atoms with E-state index in [0.717, 1.165) is 18.2 Å². The first-order valence-corrected chi connectivity index (χ1v) is 6.27. The second-order valence-electron chi connectivity index (χ2n) is 4.65. The number of carboxylic acid groups (broad SMARTS) is 1. The number of benzene rings is 1. The number of carbonyl (C=O) groups excluding carboxylic acids is 2. The van der Waals surface area contributed by atoms with Gasteiger partial charge >= 0.3 is 18.0 Å². The summed E-state index contributed by atoms with van der Waals surface area (Å²) < 4.78 is 4.39. The molecule has 1 aromatic carbocycles. The molecule has 3 N–H and O–H groups in total. The number of nitrogens with one attached hydrogen (secondary N) is 2. The van der Waals surface area contributed by atoms with Gasteiger partial charge in [0.1, 0.15) is 6.04 Å². The van der Waals surface area contributed by atoms with Crippen molar-refractivity contribution in [3.8, 4) is 0 Å². The van der Waals surface area contributed by atoms with Crippen LogP contribution >= 0.6 is 0 Å². The summed E-state index contributed by atoms with van der Waals surface area (Å²) in [5.74, 6) is -2.02. The number of methoxy groups -OCH3 is 1. The summed E-state index contributed by atoms with van der Waals surface area (Å²) in [7, 11) is 1.15. The van der Waals surface area contributed by atoms with E-state index in [4.69, 9.17) is 5.11 Å². The normalized spacial score (nSPS) is 11.4. The number of hydrogen-bond donors (Lipinski definition) is 3. The summed E-state index contributed by atoms with van der Waals surface area (Å²) in [6.07, 6.45) is -0.438. The SMILES string of the molecule is COC(=O)C[C@H](NC(=O)Nc1cc(C)cc(C)c1)C(=O)O. The van der Waals surface area contributed by atoms with Crippen molar-refractivity contribution in [2.45, 2.75) is 26.3 Å². The summed E-state index contributed by atoms with van der Waals surface area (Å²) >= 11 is 0. The second-order valence-corrected chi connectivity index (χ2v) is 4.65. The third-order valence-electron chi connectivity index (χ3n) is 2.68. The van der Waals surface area contributed by atoms with Crippen LogP contribution in [0.5, 0.6) is 0 Å². The van der Waals surface area contributed by atoms with E-state index in [2.05, 4.69) is 15.4 Å². The van der Waals surface area contributed by atoms with Crippen LogP contribution in [-0.2, 0) is 14.3 Å². The second kappa shape index (κ2) is 7.28. The van der Waals surface area contributed by atoms with Crippen LogP contribution in [-0.4, -0.2) is 36.2 Å². The minimum Gasteiger partial charge on any atom is -0.480 e. The first-order chi connectivity index (χ1) is 9.81. The van der Waals surface area contributed by atoms with Crippen molar-refractivity contribution in [2.24, 2.45) is 0 Å². The van der Waals surface area contributed by atoms with Gasteiger partial charge in [0, 0.05) is 5.69 Å². The molecule has 1 aromatic rings. The number of ether oxygens (including phenoxy) is 1. The van der Waals surface area contributed by atoms with E-state index in [1.54, 1.807) is 12.1 Å². The van der Waals surface area contributed by atoms with Crippen LogP contribution in [0.3, 0.4) is 0 Å². The molecule has 1 atom stereocenters. The summed E-state index contributed by atoms with van der Waals surface area (Å²) in [6, 6.07) is 3.41. The number of aryl methyl sites for hydroxylation is 2.